The van der Waals surface area contributed by atoms with Crippen LogP contribution >= 0.6 is 0 Å². The number of nitrogens with zero attached hydrogens (tertiary/aromatic N) is 3. The number of nitrogens with one attached hydrogen (secondary N) is 1. The van der Waals surface area contributed by atoms with Crippen molar-refractivity contribution in [3.63, 3.8) is 0 Å². The number of rotatable bonds is 10. The second-order valence-corrected chi connectivity index (χ2v) is 5.80. The first-order valence-corrected chi connectivity index (χ1v) is 8.23. The SMILES string of the molecule is CC(CN(CCCN)Cc1ccccn1)NCc1ccccn1. The molecule has 0 aliphatic rings. The molecule has 3 N–H and O–H groups in total. The van der Waals surface area contributed by atoms with Crippen LogP contribution in [0.2, 0.25) is 0 Å². The topological polar surface area (TPSA) is 67.1 Å². The summed E-state index contributed by atoms with van der Waals surface area (Å²) in [6.45, 7) is 6.52. The summed E-state index contributed by atoms with van der Waals surface area (Å²) in [5.41, 5.74) is 7.84. The monoisotopic (exact) mass is 313 g/mol. The van der Waals surface area contributed by atoms with E-state index in [1.165, 1.54) is 0 Å². The second-order valence-electron chi connectivity index (χ2n) is 5.80. The fourth-order valence-corrected chi connectivity index (χ4v) is 2.50. The fraction of sp³-hybridized carbons (Fsp3) is 0.444. The Hall–Kier alpha value is -1.82. The number of hydrogen-bond acceptors (Lipinski definition) is 5. The summed E-state index contributed by atoms with van der Waals surface area (Å²) in [6, 6.07) is 12.4. The first-order valence-electron chi connectivity index (χ1n) is 8.23. The average molecular weight is 313 g/mol. The van der Waals surface area contributed by atoms with E-state index in [2.05, 4.69) is 33.2 Å². The molecule has 5 nitrogen and oxygen atoms in total. The van der Waals surface area contributed by atoms with Gasteiger partial charge in [-0.1, -0.05) is 12.1 Å². The molecule has 0 aliphatic heterocycles. The number of aromatic nitrogens is 2. The largest absolute Gasteiger partial charge is 0.330 e. The first-order chi connectivity index (χ1) is 11.3. The van der Waals surface area contributed by atoms with Crippen LogP contribution in [0.5, 0.6) is 0 Å². The lowest BCUT2D eigenvalue weighted by molar-refractivity contribution is 0.234. The van der Waals surface area contributed by atoms with E-state index in [1.807, 2.05) is 42.7 Å². The third-order valence-electron chi connectivity index (χ3n) is 3.68. The molecule has 2 heterocycles. The van der Waals surface area contributed by atoms with Gasteiger partial charge in [0.1, 0.15) is 0 Å². The van der Waals surface area contributed by atoms with Crippen LogP contribution in [0.15, 0.2) is 48.8 Å². The van der Waals surface area contributed by atoms with Gasteiger partial charge in [-0.25, -0.2) is 0 Å². The quantitative estimate of drug-likeness (QED) is 0.700. The van der Waals surface area contributed by atoms with Gasteiger partial charge in [-0.3, -0.25) is 14.9 Å². The van der Waals surface area contributed by atoms with E-state index in [1.54, 1.807) is 0 Å². The highest BCUT2D eigenvalue weighted by Crippen LogP contribution is 2.04. The summed E-state index contributed by atoms with van der Waals surface area (Å²) in [7, 11) is 0. The molecule has 0 spiro atoms. The Morgan fingerprint density at radius 2 is 1.78 bits per heavy atom. The highest BCUT2D eigenvalue weighted by Gasteiger charge is 2.11. The Labute approximate surface area is 138 Å². The van der Waals surface area contributed by atoms with Gasteiger partial charge in [0, 0.05) is 38.1 Å². The van der Waals surface area contributed by atoms with Gasteiger partial charge < -0.3 is 11.1 Å². The lowest BCUT2D eigenvalue weighted by atomic mass is 10.2. The lowest BCUT2D eigenvalue weighted by Crippen LogP contribution is -2.39. The van der Waals surface area contributed by atoms with Crippen LogP contribution in [0, 0.1) is 0 Å². The van der Waals surface area contributed by atoms with Crippen LogP contribution in [0.3, 0.4) is 0 Å². The molecule has 2 rings (SSSR count). The van der Waals surface area contributed by atoms with E-state index in [9.17, 15) is 0 Å². The highest BCUT2D eigenvalue weighted by atomic mass is 15.2. The highest BCUT2D eigenvalue weighted by molar-refractivity contribution is 5.04. The normalized spacial score (nSPS) is 12.5. The van der Waals surface area contributed by atoms with Gasteiger partial charge in [-0.15, -0.1) is 0 Å². The molecule has 1 atom stereocenters. The molecule has 23 heavy (non-hydrogen) atoms. The van der Waals surface area contributed by atoms with E-state index in [0.717, 1.165) is 44.0 Å². The minimum atomic E-state index is 0.374. The summed E-state index contributed by atoms with van der Waals surface area (Å²) in [5, 5.41) is 3.54. The molecule has 2 aromatic rings. The fourth-order valence-electron chi connectivity index (χ4n) is 2.50. The molecule has 0 saturated heterocycles. The van der Waals surface area contributed by atoms with Crippen molar-refractivity contribution in [2.45, 2.75) is 32.5 Å². The van der Waals surface area contributed by atoms with Crippen LogP contribution in [-0.4, -0.2) is 40.5 Å². The van der Waals surface area contributed by atoms with E-state index in [4.69, 9.17) is 5.73 Å². The number of nitrogens with two attached hydrogens (primary N) is 1. The van der Waals surface area contributed by atoms with Crippen molar-refractivity contribution >= 4 is 0 Å². The lowest BCUT2D eigenvalue weighted by Gasteiger charge is -2.26. The zero-order valence-corrected chi connectivity index (χ0v) is 13.9. The molecule has 0 aromatic carbocycles. The molecule has 5 heteroatoms. The van der Waals surface area contributed by atoms with Crippen LogP contribution in [0.4, 0.5) is 0 Å². The summed E-state index contributed by atoms with van der Waals surface area (Å²) < 4.78 is 0. The molecule has 1 unspecified atom stereocenters. The van der Waals surface area contributed by atoms with Gasteiger partial charge in [0.15, 0.2) is 0 Å². The summed E-state index contributed by atoms with van der Waals surface area (Å²) in [6.07, 6.45) is 4.68. The Morgan fingerprint density at radius 3 is 2.39 bits per heavy atom. The predicted molar refractivity (Wildman–Crippen MR) is 93.7 cm³/mol. The Bertz CT molecular complexity index is 532. The second kappa shape index (κ2) is 10.0. The Morgan fingerprint density at radius 1 is 1.09 bits per heavy atom. The van der Waals surface area contributed by atoms with Crippen molar-refractivity contribution in [1.29, 1.82) is 0 Å². The summed E-state index contributed by atoms with van der Waals surface area (Å²) in [5.74, 6) is 0. The third-order valence-corrected chi connectivity index (χ3v) is 3.68. The van der Waals surface area contributed by atoms with Gasteiger partial charge in [-0.2, -0.15) is 0 Å². The Balaban J connectivity index is 1.83. The number of pyridine rings is 2. The molecule has 0 aliphatic carbocycles. The van der Waals surface area contributed by atoms with Gasteiger partial charge >= 0.3 is 0 Å². The van der Waals surface area contributed by atoms with Crippen molar-refractivity contribution in [2.75, 3.05) is 19.6 Å². The summed E-state index contributed by atoms with van der Waals surface area (Å²) in [4.78, 5) is 11.2. The van der Waals surface area contributed by atoms with Crippen molar-refractivity contribution < 1.29 is 0 Å². The van der Waals surface area contributed by atoms with Crippen LogP contribution in [-0.2, 0) is 13.1 Å². The standard InChI is InChI=1S/C18H27N5/c1-16(22-13-17-7-2-4-10-20-17)14-23(12-6-9-19)15-18-8-3-5-11-21-18/h2-5,7-8,10-11,16,22H,6,9,12-15,19H2,1H3. The first kappa shape index (κ1) is 17.5. The molecule has 124 valence electrons. The molecular formula is C18H27N5. The van der Waals surface area contributed by atoms with E-state index in [-0.39, 0.29) is 0 Å². The van der Waals surface area contributed by atoms with Gasteiger partial charge in [0.2, 0.25) is 0 Å². The maximum Gasteiger partial charge on any atom is 0.0543 e. The van der Waals surface area contributed by atoms with Gasteiger partial charge in [0.25, 0.3) is 0 Å². The molecule has 0 fully saturated rings. The van der Waals surface area contributed by atoms with Crippen molar-refractivity contribution in [1.82, 2.24) is 20.2 Å². The van der Waals surface area contributed by atoms with Crippen molar-refractivity contribution in [3.05, 3.63) is 60.2 Å². The molecule has 0 radical (unpaired) electrons. The molecular weight excluding hydrogens is 286 g/mol. The molecule has 0 amide bonds. The van der Waals surface area contributed by atoms with E-state index < -0.39 is 0 Å². The maximum atomic E-state index is 5.67. The maximum absolute atomic E-state index is 5.67. The van der Waals surface area contributed by atoms with Gasteiger partial charge in [-0.05, 0) is 50.7 Å². The minimum absolute atomic E-state index is 0.374. The molecule has 0 bridgehead atoms. The van der Waals surface area contributed by atoms with E-state index in [0.29, 0.717) is 12.6 Å². The van der Waals surface area contributed by atoms with E-state index >= 15 is 0 Å². The zero-order valence-electron chi connectivity index (χ0n) is 13.9. The summed E-state index contributed by atoms with van der Waals surface area (Å²) >= 11 is 0. The molecule has 2 aromatic heterocycles. The Kier molecular flexibility index (Phi) is 7.66. The van der Waals surface area contributed by atoms with Crippen LogP contribution < -0.4 is 11.1 Å². The number of hydrogen-bond donors (Lipinski definition) is 2. The predicted octanol–water partition coefficient (Wildman–Crippen LogP) is 1.81. The zero-order chi connectivity index (χ0) is 16.3. The van der Waals surface area contributed by atoms with Gasteiger partial charge in [0.05, 0.1) is 11.4 Å². The third kappa shape index (κ3) is 6.86. The van der Waals surface area contributed by atoms with Crippen molar-refractivity contribution in [2.24, 2.45) is 5.73 Å². The average Bonchev–Trinajstić information content (AvgIpc) is 2.60. The molecule has 0 saturated carbocycles. The van der Waals surface area contributed by atoms with Crippen molar-refractivity contribution in [3.8, 4) is 0 Å². The minimum Gasteiger partial charge on any atom is -0.330 e. The smallest absolute Gasteiger partial charge is 0.0543 e. The van der Waals surface area contributed by atoms with Crippen LogP contribution in [0.25, 0.3) is 0 Å². The van der Waals surface area contributed by atoms with Crippen LogP contribution in [0.1, 0.15) is 24.7 Å².